The van der Waals surface area contributed by atoms with Crippen molar-refractivity contribution in [3.05, 3.63) is 42.5 Å². The van der Waals surface area contributed by atoms with Gasteiger partial charge in [0, 0.05) is 11.8 Å². The van der Waals surface area contributed by atoms with Crippen LogP contribution >= 0.6 is 0 Å². The third-order valence-corrected chi connectivity index (χ3v) is 3.49. The van der Waals surface area contributed by atoms with E-state index in [4.69, 9.17) is 5.73 Å². The van der Waals surface area contributed by atoms with Gasteiger partial charge in [0.15, 0.2) is 9.84 Å². The Morgan fingerprint density at radius 1 is 1.06 bits per heavy atom. The van der Waals surface area contributed by atoms with Crippen molar-refractivity contribution in [1.82, 2.24) is 4.98 Å². The van der Waals surface area contributed by atoms with Crippen LogP contribution in [0, 0.1) is 0 Å². The van der Waals surface area contributed by atoms with Crippen LogP contribution in [0.3, 0.4) is 0 Å². The van der Waals surface area contributed by atoms with E-state index in [9.17, 15) is 8.42 Å². The van der Waals surface area contributed by atoms with Crippen LogP contribution in [0.5, 0.6) is 0 Å². The Hall–Kier alpha value is -1.88. The summed E-state index contributed by atoms with van der Waals surface area (Å²) in [7, 11) is -3.28. The van der Waals surface area contributed by atoms with Gasteiger partial charge in [-0.3, -0.25) is 0 Å². The molecule has 0 saturated carbocycles. The first-order chi connectivity index (χ1) is 7.98. The molecule has 0 aliphatic rings. The Morgan fingerprint density at radius 2 is 1.76 bits per heavy atom. The summed E-state index contributed by atoms with van der Waals surface area (Å²) in [6.45, 7) is 0. The minimum atomic E-state index is -3.28. The van der Waals surface area contributed by atoms with E-state index in [0.717, 1.165) is 0 Å². The molecule has 1 aromatic heterocycles. The average Bonchev–Trinajstić information content (AvgIpc) is 2.28. The summed E-state index contributed by atoms with van der Waals surface area (Å²) in [6.07, 6.45) is 1.18. The molecule has 88 valence electrons. The van der Waals surface area contributed by atoms with Gasteiger partial charge in [0.2, 0.25) is 0 Å². The topological polar surface area (TPSA) is 73.0 Å². The van der Waals surface area contributed by atoms with Crippen molar-refractivity contribution in [3.8, 4) is 11.3 Å². The molecule has 0 amide bonds. The number of aromatic nitrogens is 1. The summed E-state index contributed by atoms with van der Waals surface area (Å²) in [4.78, 5) is 4.39. The fourth-order valence-electron chi connectivity index (χ4n) is 1.60. The predicted molar refractivity (Wildman–Crippen MR) is 67.2 cm³/mol. The van der Waals surface area contributed by atoms with Gasteiger partial charge in [-0.1, -0.05) is 24.3 Å². The van der Waals surface area contributed by atoms with E-state index in [1.165, 1.54) is 6.26 Å². The molecule has 1 heterocycles. The number of nitrogens with zero attached hydrogens (tertiary/aromatic N) is 1. The van der Waals surface area contributed by atoms with Gasteiger partial charge in [-0.15, -0.1) is 0 Å². The van der Waals surface area contributed by atoms with Crippen LogP contribution in [0.4, 0.5) is 5.82 Å². The van der Waals surface area contributed by atoms with Crippen molar-refractivity contribution in [2.24, 2.45) is 0 Å². The standard InChI is InChI=1S/C12H12N2O2S/c1-17(15,16)11-7-3-2-5-9(11)10-6-4-8-12(13)14-10/h2-8H,1H3,(H2,13,14). The Bertz CT molecular complexity index is 651. The predicted octanol–water partition coefficient (Wildman–Crippen LogP) is 1.73. The molecule has 1 aromatic carbocycles. The quantitative estimate of drug-likeness (QED) is 0.878. The maximum Gasteiger partial charge on any atom is 0.176 e. The smallest absolute Gasteiger partial charge is 0.176 e. The van der Waals surface area contributed by atoms with Crippen LogP contribution in [0.1, 0.15) is 0 Å². The molecule has 0 aliphatic carbocycles. The number of hydrogen-bond acceptors (Lipinski definition) is 4. The third kappa shape index (κ3) is 2.45. The zero-order valence-electron chi connectivity index (χ0n) is 9.29. The zero-order valence-corrected chi connectivity index (χ0v) is 10.1. The number of pyridine rings is 1. The molecule has 2 rings (SSSR count). The average molecular weight is 248 g/mol. The first-order valence-electron chi connectivity index (χ1n) is 5.00. The SMILES string of the molecule is CS(=O)(=O)c1ccccc1-c1cccc(N)n1. The van der Waals surface area contributed by atoms with Crippen LogP contribution in [-0.2, 0) is 9.84 Å². The van der Waals surface area contributed by atoms with Crippen LogP contribution in [0.25, 0.3) is 11.3 Å². The zero-order chi connectivity index (χ0) is 12.5. The van der Waals surface area contributed by atoms with Gasteiger partial charge >= 0.3 is 0 Å². The van der Waals surface area contributed by atoms with Crippen molar-refractivity contribution in [3.63, 3.8) is 0 Å². The highest BCUT2D eigenvalue weighted by Crippen LogP contribution is 2.25. The second-order valence-corrected chi connectivity index (χ2v) is 5.70. The molecular weight excluding hydrogens is 236 g/mol. The maximum absolute atomic E-state index is 11.7. The fraction of sp³-hybridized carbons (Fsp3) is 0.0833. The monoisotopic (exact) mass is 248 g/mol. The van der Waals surface area contributed by atoms with E-state index in [1.807, 2.05) is 0 Å². The van der Waals surface area contributed by atoms with Gasteiger partial charge in [0.25, 0.3) is 0 Å². The van der Waals surface area contributed by atoms with Crippen LogP contribution in [0.15, 0.2) is 47.4 Å². The molecular formula is C12H12N2O2S. The lowest BCUT2D eigenvalue weighted by molar-refractivity contribution is 0.602. The molecule has 0 radical (unpaired) electrons. The number of benzene rings is 1. The van der Waals surface area contributed by atoms with Crippen molar-refractivity contribution in [1.29, 1.82) is 0 Å². The van der Waals surface area contributed by atoms with Gasteiger partial charge in [0.1, 0.15) is 5.82 Å². The van der Waals surface area contributed by atoms with E-state index in [0.29, 0.717) is 17.1 Å². The van der Waals surface area contributed by atoms with E-state index in [-0.39, 0.29) is 4.90 Å². The number of nitrogens with two attached hydrogens (primary N) is 1. The van der Waals surface area contributed by atoms with E-state index in [1.54, 1.807) is 42.5 Å². The minimum Gasteiger partial charge on any atom is -0.384 e. The molecule has 0 spiro atoms. The summed E-state index contributed by atoms with van der Waals surface area (Å²) in [5, 5.41) is 0. The summed E-state index contributed by atoms with van der Waals surface area (Å²) in [5.74, 6) is 0.366. The van der Waals surface area contributed by atoms with E-state index >= 15 is 0 Å². The number of rotatable bonds is 2. The van der Waals surface area contributed by atoms with Crippen LogP contribution in [0.2, 0.25) is 0 Å². The first-order valence-corrected chi connectivity index (χ1v) is 6.89. The van der Waals surface area contributed by atoms with E-state index < -0.39 is 9.84 Å². The van der Waals surface area contributed by atoms with Gasteiger partial charge in [-0.25, -0.2) is 13.4 Å². The Morgan fingerprint density at radius 3 is 2.41 bits per heavy atom. The highest BCUT2D eigenvalue weighted by atomic mass is 32.2. The third-order valence-electron chi connectivity index (χ3n) is 2.33. The fourth-order valence-corrected chi connectivity index (χ4v) is 2.50. The molecule has 0 fully saturated rings. The number of nitrogen functional groups attached to an aromatic ring is 1. The molecule has 0 saturated heterocycles. The minimum absolute atomic E-state index is 0.262. The van der Waals surface area contributed by atoms with Crippen molar-refractivity contribution >= 4 is 15.7 Å². The van der Waals surface area contributed by atoms with Crippen LogP contribution in [-0.4, -0.2) is 19.7 Å². The van der Waals surface area contributed by atoms with Gasteiger partial charge in [-0.2, -0.15) is 0 Å². The normalized spacial score (nSPS) is 11.4. The molecule has 0 bridgehead atoms. The first kappa shape index (κ1) is 11.6. The summed E-state index contributed by atoms with van der Waals surface area (Å²) >= 11 is 0. The lowest BCUT2D eigenvalue weighted by Crippen LogP contribution is -2.01. The molecule has 17 heavy (non-hydrogen) atoms. The van der Waals surface area contributed by atoms with Gasteiger partial charge in [-0.05, 0) is 18.2 Å². The second-order valence-electron chi connectivity index (χ2n) is 3.72. The summed E-state index contributed by atoms with van der Waals surface area (Å²) in [6, 6.07) is 11.9. The molecule has 2 N–H and O–H groups in total. The van der Waals surface area contributed by atoms with Crippen molar-refractivity contribution < 1.29 is 8.42 Å². The maximum atomic E-state index is 11.7. The van der Waals surface area contributed by atoms with Crippen LogP contribution < -0.4 is 5.73 Å². The van der Waals surface area contributed by atoms with Crippen molar-refractivity contribution in [2.45, 2.75) is 4.90 Å². The van der Waals surface area contributed by atoms with E-state index in [2.05, 4.69) is 4.98 Å². The molecule has 5 heteroatoms. The lowest BCUT2D eigenvalue weighted by atomic mass is 10.1. The Labute approximate surface area is 100 Å². The largest absolute Gasteiger partial charge is 0.384 e. The lowest BCUT2D eigenvalue weighted by Gasteiger charge is -2.07. The second kappa shape index (κ2) is 4.18. The number of anilines is 1. The summed E-state index contributed by atoms with van der Waals surface area (Å²) in [5.41, 5.74) is 6.73. The summed E-state index contributed by atoms with van der Waals surface area (Å²) < 4.78 is 23.3. The molecule has 4 nitrogen and oxygen atoms in total. The van der Waals surface area contributed by atoms with Crippen molar-refractivity contribution in [2.75, 3.05) is 12.0 Å². The molecule has 0 aliphatic heterocycles. The molecule has 0 unspecified atom stereocenters. The number of sulfone groups is 1. The Balaban J connectivity index is 2.69. The number of hydrogen-bond donors (Lipinski definition) is 1. The molecule has 2 aromatic rings. The highest BCUT2D eigenvalue weighted by molar-refractivity contribution is 7.90. The highest BCUT2D eigenvalue weighted by Gasteiger charge is 2.14. The van der Waals surface area contributed by atoms with Gasteiger partial charge in [0.05, 0.1) is 10.6 Å². The Kier molecular flexibility index (Phi) is 2.85. The molecule has 0 atom stereocenters. The van der Waals surface area contributed by atoms with Gasteiger partial charge < -0.3 is 5.73 Å².